The molecule has 6 heteroatoms. The fourth-order valence-electron chi connectivity index (χ4n) is 3.17. The molecule has 5 nitrogen and oxygen atoms in total. The molecule has 0 aliphatic heterocycles. The van der Waals surface area contributed by atoms with Gasteiger partial charge in [-0.1, -0.05) is 31.8 Å². The van der Waals surface area contributed by atoms with E-state index in [1.165, 1.54) is 32.1 Å². The molecule has 0 radical (unpaired) electrons. The van der Waals surface area contributed by atoms with Crippen molar-refractivity contribution in [1.29, 1.82) is 0 Å². The number of allylic oxidation sites excluding steroid dienone is 1. The van der Waals surface area contributed by atoms with Crippen molar-refractivity contribution < 1.29 is 4.79 Å². The standard InChI is InChI=1S/C19H36N4O.HI/c1-4-5-6-7-11-16-23(3)19(20-2)22-15-14-21-18(24)17-12-9-8-10-13-17;/h4,17H,1,5-16H2,2-3H3,(H,20,22)(H,21,24);1H. The van der Waals surface area contributed by atoms with Crippen molar-refractivity contribution in [3.05, 3.63) is 12.7 Å². The SMILES string of the molecule is C=CCCCCCN(C)C(=NC)NCCNC(=O)C1CCCCC1.I. The highest BCUT2D eigenvalue weighted by molar-refractivity contribution is 14.0. The highest BCUT2D eigenvalue weighted by Crippen LogP contribution is 2.23. The van der Waals surface area contributed by atoms with Crippen molar-refractivity contribution in [2.24, 2.45) is 10.9 Å². The molecule has 0 atom stereocenters. The van der Waals surface area contributed by atoms with Crippen LogP contribution >= 0.6 is 24.0 Å². The number of amides is 1. The van der Waals surface area contributed by atoms with Crippen molar-refractivity contribution in [2.45, 2.75) is 57.8 Å². The Labute approximate surface area is 171 Å². The van der Waals surface area contributed by atoms with E-state index in [-0.39, 0.29) is 35.8 Å². The van der Waals surface area contributed by atoms with Gasteiger partial charge >= 0.3 is 0 Å². The molecule has 1 aliphatic carbocycles. The third-order valence-electron chi connectivity index (χ3n) is 4.66. The van der Waals surface area contributed by atoms with Crippen molar-refractivity contribution in [1.82, 2.24) is 15.5 Å². The molecule has 146 valence electrons. The Hall–Kier alpha value is -0.790. The Morgan fingerprint density at radius 2 is 1.84 bits per heavy atom. The van der Waals surface area contributed by atoms with E-state index in [9.17, 15) is 4.79 Å². The van der Waals surface area contributed by atoms with Crippen LogP contribution in [0.15, 0.2) is 17.6 Å². The maximum absolute atomic E-state index is 12.1. The molecule has 1 amide bonds. The second-order valence-corrected chi connectivity index (χ2v) is 6.66. The lowest BCUT2D eigenvalue weighted by Gasteiger charge is -2.23. The van der Waals surface area contributed by atoms with Gasteiger partial charge in [0, 0.05) is 39.6 Å². The fraction of sp³-hybridized carbons (Fsp3) is 0.789. The number of halogens is 1. The van der Waals surface area contributed by atoms with E-state index in [1.807, 2.05) is 6.08 Å². The van der Waals surface area contributed by atoms with Crippen LogP contribution in [0.1, 0.15) is 57.8 Å². The molecule has 0 unspecified atom stereocenters. The Morgan fingerprint density at radius 3 is 2.48 bits per heavy atom. The zero-order valence-electron chi connectivity index (χ0n) is 16.1. The van der Waals surface area contributed by atoms with Gasteiger partial charge in [-0.25, -0.2) is 0 Å². The number of carbonyl (C=O) groups excluding carboxylic acids is 1. The van der Waals surface area contributed by atoms with Gasteiger partial charge in [0.1, 0.15) is 0 Å². The lowest BCUT2D eigenvalue weighted by Crippen LogP contribution is -2.43. The summed E-state index contributed by atoms with van der Waals surface area (Å²) in [5.41, 5.74) is 0. The lowest BCUT2D eigenvalue weighted by atomic mass is 9.89. The van der Waals surface area contributed by atoms with Gasteiger partial charge in [0.25, 0.3) is 0 Å². The van der Waals surface area contributed by atoms with Crippen LogP contribution in [0, 0.1) is 5.92 Å². The largest absolute Gasteiger partial charge is 0.354 e. The van der Waals surface area contributed by atoms with E-state index in [1.54, 1.807) is 7.05 Å². The predicted octanol–water partition coefficient (Wildman–Crippen LogP) is 3.55. The first-order chi connectivity index (χ1) is 11.7. The normalized spacial score (nSPS) is 15.2. The summed E-state index contributed by atoms with van der Waals surface area (Å²) in [6.45, 7) is 6.11. The number of guanidine groups is 1. The topological polar surface area (TPSA) is 56.7 Å². The van der Waals surface area contributed by atoms with Crippen LogP contribution in [0.3, 0.4) is 0 Å². The van der Waals surface area contributed by atoms with Gasteiger partial charge in [0.15, 0.2) is 5.96 Å². The van der Waals surface area contributed by atoms with E-state index in [4.69, 9.17) is 0 Å². The number of rotatable bonds is 10. The molecule has 1 aliphatic rings. The first-order valence-electron chi connectivity index (χ1n) is 9.49. The molecule has 0 spiro atoms. The molecular weight excluding hydrogens is 427 g/mol. The first kappa shape index (κ1) is 24.2. The predicted molar refractivity (Wildman–Crippen MR) is 118 cm³/mol. The minimum absolute atomic E-state index is 0. The van der Waals surface area contributed by atoms with Gasteiger partial charge in [0.05, 0.1) is 0 Å². The van der Waals surface area contributed by atoms with Crippen LogP contribution in [0.25, 0.3) is 0 Å². The summed E-state index contributed by atoms with van der Waals surface area (Å²) in [5.74, 6) is 1.35. The number of carbonyl (C=O) groups is 1. The summed E-state index contributed by atoms with van der Waals surface area (Å²) in [6.07, 6.45) is 12.4. The van der Waals surface area contributed by atoms with Gasteiger partial charge in [-0.15, -0.1) is 30.6 Å². The van der Waals surface area contributed by atoms with Crippen molar-refractivity contribution in [3.8, 4) is 0 Å². The Bertz CT molecular complexity index is 395. The van der Waals surface area contributed by atoms with Crippen molar-refractivity contribution >= 4 is 35.8 Å². The summed E-state index contributed by atoms with van der Waals surface area (Å²) in [6, 6.07) is 0. The van der Waals surface area contributed by atoms with Crippen molar-refractivity contribution in [3.63, 3.8) is 0 Å². The van der Waals surface area contributed by atoms with Gasteiger partial charge in [-0.3, -0.25) is 9.79 Å². The summed E-state index contributed by atoms with van der Waals surface area (Å²) in [7, 11) is 3.86. The number of nitrogens with zero attached hydrogens (tertiary/aromatic N) is 2. The molecule has 1 saturated carbocycles. The second kappa shape index (κ2) is 15.5. The summed E-state index contributed by atoms with van der Waals surface area (Å²) in [5, 5.41) is 6.38. The van der Waals surface area contributed by atoms with Gasteiger partial charge in [-0.2, -0.15) is 0 Å². The molecule has 0 aromatic rings. The van der Waals surface area contributed by atoms with E-state index in [0.29, 0.717) is 13.1 Å². The molecule has 0 aromatic carbocycles. The highest BCUT2D eigenvalue weighted by Gasteiger charge is 2.20. The molecule has 2 N–H and O–H groups in total. The van der Waals surface area contributed by atoms with Crippen LogP contribution in [0.4, 0.5) is 0 Å². The van der Waals surface area contributed by atoms with Crippen LogP contribution < -0.4 is 10.6 Å². The van der Waals surface area contributed by atoms with E-state index < -0.39 is 0 Å². The molecule has 0 heterocycles. The third kappa shape index (κ3) is 10.7. The second-order valence-electron chi connectivity index (χ2n) is 6.66. The first-order valence-corrected chi connectivity index (χ1v) is 9.49. The number of hydrogen-bond donors (Lipinski definition) is 2. The minimum Gasteiger partial charge on any atom is -0.354 e. The molecule has 0 bridgehead atoms. The van der Waals surface area contributed by atoms with Gasteiger partial charge < -0.3 is 15.5 Å². The molecule has 1 fully saturated rings. The van der Waals surface area contributed by atoms with Gasteiger partial charge in [0.2, 0.25) is 5.91 Å². The van der Waals surface area contributed by atoms with Crippen LogP contribution in [-0.4, -0.2) is 50.5 Å². The monoisotopic (exact) mass is 464 g/mol. The van der Waals surface area contributed by atoms with Crippen LogP contribution in [0.2, 0.25) is 0 Å². The highest BCUT2D eigenvalue weighted by atomic mass is 127. The Morgan fingerprint density at radius 1 is 1.16 bits per heavy atom. The number of aliphatic imine (C=N–C) groups is 1. The maximum atomic E-state index is 12.1. The Kier molecular flexibility index (Phi) is 15.0. The minimum atomic E-state index is 0. The zero-order valence-corrected chi connectivity index (χ0v) is 18.4. The molecule has 0 saturated heterocycles. The molecule has 0 aromatic heterocycles. The lowest BCUT2D eigenvalue weighted by molar-refractivity contribution is -0.125. The van der Waals surface area contributed by atoms with Crippen LogP contribution in [0.5, 0.6) is 0 Å². The summed E-state index contributed by atoms with van der Waals surface area (Å²) in [4.78, 5) is 18.5. The quantitative estimate of drug-likeness (QED) is 0.171. The van der Waals surface area contributed by atoms with E-state index in [2.05, 4.69) is 34.2 Å². The van der Waals surface area contributed by atoms with E-state index >= 15 is 0 Å². The van der Waals surface area contributed by atoms with Gasteiger partial charge in [-0.05, 0) is 32.1 Å². The maximum Gasteiger partial charge on any atom is 0.223 e. The van der Waals surface area contributed by atoms with Crippen molar-refractivity contribution in [2.75, 3.05) is 33.7 Å². The average Bonchev–Trinajstić information content (AvgIpc) is 2.62. The number of unbranched alkanes of at least 4 members (excludes halogenated alkanes) is 3. The summed E-state index contributed by atoms with van der Waals surface area (Å²) < 4.78 is 0. The molecular formula is C19H37IN4O. The zero-order chi connectivity index (χ0) is 17.6. The molecule has 25 heavy (non-hydrogen) atoms. The number of hydrogen-bond acceptors (Lipinski definition) is 2. The smallest absolute Gasteiger partial charge is 0.223 e. The third-order valence-corrected chi connectivity index (χ3v) is 4.66. The molecule has 1 rings (SSSR count). The average molecular weight is 464 g/mol. The fourth-order valence-corrected chi connectivity index (χ4v) is 3.17. The Balaban J connectivity index is 0.00000576. The summed E-state index contributed by atoms with van der Waals surface area (Å²) >= 11 is 0. The number of nitrogens with one attached hydrogen (secondary N) is 2. The van der Waals surface area contributed by atoms with E-state index in [0.717, 1.165) is 38.2 Å². The van der Waals surface area contributed by atoms with Crippen LogP contribution in [-0.2, 0) is 4.79 Å².